The Bertz CT molecular complexity index is 469. The average Bonchev–Trinajstić information content (AvgIpc) is 2.38. The molecule has 1 nitrogen and oxygen atoms in total. The van der Waals surface area contributed by atoms with E-state index in [2.05, 4.69) is 57.2 Å². The molecule has 2 rings (SSSR count). The molecule has 0 saturated heterocycles. The molecule has 1 aromatic carbocycles. The predicted molar refractivity (Wildman–Crippen MR) is 77.4 cm³/mol. The van der Waals surface area contributed by atoms with Crippen molar-refractivity contribution >= 4 is 5.57 Å². The van der Waals surface area contributed by atoms with Crippen molar-refractivity contribution in [1.29, 1.82) is 0 Å². The third-order valence-corrected chi connectivity index (χ3v) is 3.43. The van der Waals surface area contributed by atoms with Crippen LogP contribution in [0.5, 0.6) is 0 Å². The molecule has 0 radical (unpaired) electrons. The lowest BCUT2D eigenvalue weighted by Crippen LogP contribution is -2.10. The Hall–Kier alpha value is -1.50. The monoisotopic (exact) mass is 242 g/mol. The van der Waals surface area contributed by atoms with E-state index in [0.717, 1.165) is 18.6 Å². The first-order valence-corrected chi connectivity index (χ1v) is 6.56. The molecule has 1 aliphatic rings. The highest BCUT2D eigenvalue weighted by molar-refractivity contribution is 5.69. The second kappa shape index (κ2) is 5.01. The Labute approximate surface area is 110 Å². The van der Waals surface area contributed by atoms with Crippen LogP contribution >= 0.6 is 0 Å². The molecule has 0 heterocycles. The van der Waals surface area contributed by atoms with Gasteiger partial charge in [-0.3, -0.25) is 0 Å². The third-order valence-electron chi connectivity index (χ3n) is 3.43. The Balaban J connectivity index is 2.25. The zero-order valence-corrected chi connectivity index (χ0v) is 11.8. The Morgan fingerprint density at radius 1 is 1.06 bits per heavy atom. The highest BCUT2D eigenvalue weighted by Crippen LogP contribution is 2.29. The summed E-state index contributed by atoms with van der Waals surface area (Å²) in [5.41, 5.74) is 4.28. The van der Waals surface area contributed by atoms with Crippen molar-refractivity contribution < 1.29 is 4.74 Å². The second-order valence-corrected chi connectivity index (χ2v) is 5.85. The van der Waals surface area contributed by atoms with E-state index in [9.17, 15) is 0 Å². The van der Waals surface area contributed by atoms with Crippen LogP contribution in [0.25, 0.3) is 5.57 Å². The van der Waals surface area contributed by atoms with Gasteiger partial charge in [-0.25, -0.2) is 0 Å². The number of rotatable bonds is 2. The number of hydrogen-bond acceptors (Lipinski definition) is 1. The van der Waals surface area contributed by atoms with Crippen LogP contribution in [0.1, 0.15) is 44.7 Å². The smallest absolute Gasteiger partial charge is 0.115 e. The highest BCUT2D eigenvalue weighted by Gasteiger charge is 2.14. The van der Waals surface area contributed by atoms with Gasteiger partial charge in [0.15, 0.2) is 0 Å². The third kappa shape index (κ3) is 2.84. The molecule has 0 aromatic heterocycles. The summed E-state index contributed by atoms with van der Waals surface area (Å²) in [5.74, 6) is 0.983. The van der Waals surface area contributed by atoms with Crippen LogP contribution < -0.4 is 0 Å². The van der Waals surface area contributed by atoms with Gasteiger partial charge in [0.25, 0.3) is 0 Å². The van der Waals surface area contributed by atoms with E-state index in [4.69, 9.17) is 4.74 Å². The summed E-state index contributed by atoms with van der Waals surface area (Å²) in [7, 11) is 1.73. The molecule has 1 heteroatoms. The first-order chi connectivity index (χ1) is 8.50. The van der Waals surface area contributed by atoms with Crippen LogP contribution in [0.15, 0.2) is 42.2 Å². The van der Waals surface area contributed by atoms with Crippen molar-refractivity contribution in [3.63, 3.8) is 0 Å². The molecular weight excluding hydrogens is 220 g/mol. The van der Waals surface area contributed by atoms with Crippen molar-refractivity contribution in [2.45, 2.75) is 39.0 Å². The van der Waals surface area contributed by atoms with E-state index >= 15 is 0 Å². The van der Waals surface area contributed by atoms with E-state index in [1.165, 1.54) is 16.7 Å². The van der Waals surface area contributed by atoms with Gasteiger partial charge in [-0.2, -0.15) is 0 Å². The number of allylic oxidation sites excluding steroid dienone is 3. The summed E-state index contributed by atoms with van der Waals surface area (Å²) in [6, 6.07) is 8.93. The largest absolute Gasteiger partial charge is 0.497 e. The lowest BCUT2D eigenvalue weighted by atomic mass is 9.85. The summed E-state index contributed by atoms with van der Waals surface area (Å²) in [6.07, 6.45) is 6.46. The lowest BCUT2D eigenvalue weighted by Gasteiger charge is -2.20. The number of ether oxygens (including phenoxy) is 1. The second-order valence-electron chi connectivity index (χ2n) is 5.85. The van der Waals surface area contributed by atoms with Gasteiger partial charge < -0.3 is 4.74 Å². The summed E-state index contributed by atoms with van der Waals surface area (Å²) in [4.78, 5) is 0. The molecule has 0 amide bonds. The predicted octanol–water partition coefficient (Wildman–Crippen LogP) is 4.69. The molecular formula is C17H22O. The van der Waals surface area contributed by atoms with Gasteiger partial charge in [0, 0.05) is 0 Å². The first-order valence-electron chi connectivity index (χ1n) is 6.56. The summed E-state index contributed by atoms with van der Waals surface area (Å²) < 4.78 is 5.31. The molecule has 1 aromatic rings. The molecule has 0 fully saturated rings. The van der Waals surface area contributed by atoms with Crippen molar-refractivity contribution in [3.05, 3.63) is 53.3 Å². The Kier molecular flexibility index (Phi) is 3.60. The molecule has 0 spiro atoms. The van der Waals surface area contributed by atoms with E-state index in [-0.39, 0.29) is 5.41 Å². The molecule has 0 aliphatic heterocycles. The van der Waals surface area contributed by atoms with Gasteiger partial charge in [-0.1, -0.05) is 45.0 Å². The Morgan fingerprint density at radius 2 is 1.72 bits per heavy atom. The van der Waals surface area contributed by atoms with E-state index < -0.39 is 0 Å². The zero-order chi connectivity index (χ0) is 13.2. The van der Waals surface area contributed by atoms with Gasteiger partial charge in [0.05, 0.1) is 7.11 Å². The standard InChI is InChI=1S/C17H22O/c1-17(2,3)15-10-8-13(9-11-15)14-6-5-7-16(12-14)18-4/h7-12H,5-6H2,1-4H3. The normalized spacial score (nSPS) is 16.0. The number of hydrogen-bond donors (Lipinski definition) is 0. The fourth-order valence-electron chi connectivity index (χ4n) is 2.23. The fourth-order valence-corrected chi connectivity index (χ4v) is 2.23. The maximum absolute atomic E-state index is 5.31. The minimum Gasteiger partial charge on any atom is -0.497 e. The fraction of sp³-hybridized carbons (Fsp3) is 0.412. The maximum Gasteiger partial charge on any atom is 0.115 e. The number of benzene rings is 1. The van der Waals surface area contributed by atoms with Crippen LogP contribution in [0.2, 0.25) is 0 Å². The molecule has 0 N–H and O–H groups in total. The molecule has 18 heavy (non-hydrogen) atoms. The zero-order valence-electron chi connectivity index (χ0n) is 11.8. The van der Waals surface area contributed by atoms with Crippen molar-refractivity contribution in [2.24, 2.45) is 0 Å². The van der Waals surface area contributed by atoms with Crippen molar-refractivity contribution in [2.75, 3.05) is 7.11 Å². The van der Waals surface area contributed by atoms with Gasteiger partial charge in [0.2, 0.25) is 0 Å². The van der Waals surface area contributed by atoms with E-state index in [1.807, 2.05) is 0 Å². The van der Waals surface area contributed by atoms with Crippen LogP contribution in [0.3, 0.4) is 0 Å². The van der Waals surface area contributed by atoms with Crippen molar-refractivity contribution in [1.82, 2.24) is 0 Å². The maximum atomic E-state index is 5.31. The Morgan fingerprint density at radius 3 is 2.28 bits per heavy atom. The minimum atomic E-state index is 0.219. The van der Waals surface area contributed by atoms with Crippen molar-refractivity contribution in [3.8, 4) is 0 Å². The first kappa shape index (κ1) is 12.9. The summed E-state index contributed by atoms with van der Waals surface area (Å²) >= 11 is 0. The van der Waals surface area contributed by atoms with Gasteiger partial charge >= 0.3 is 0 Å². The van der Waals surface area contributed by atoms with Gasteiger partial charge in [-0.05, 0) is 47.1 Å². The highest BCUT2D eigenvalue weighted by atomic mass is 16.5. The SMILES string of the molecule is COC1=CCCC(c2ccc(C(C)(C)C)cc2)=C1. The average molecular weight is 242 g/mol. The lowest BCUT2D eigenvalue weighted by molar-refractivity contribution is 0.304. The summed E-state index contributed by atoms with van der Waals surface area (Å²) in [6.45, 7) is 6.73. The van der Waals surface area contributed by atoms with E-state index in [1.54, 1.807) is 7.11 Å². The van der Waals surface area contributed by atoms with Crippen LogP contribution in [0.4, 0.5) is 0 Å². The molecule has 1 aliphatic carbocycles. The molecule has 96 valence electrons. The topological polar surface area (TPSA) is 9.23 Å². The van der Waals surface area contributed by atoms with Gasteiger partial charge in [0.1, 0.15) is 5.76 Å². The van der Waals surface area contributed by atoms with Gasteiger partial charge in [-0.15, -0.1) is 0 Å². The minimum absolute atomic E-state index is 0.219. The van der Waals surface area contributed by atoms with Crippen LogP contribution in [-0.4, -0.2) is 7.11 Å². The molecule has 0 bridgehead atoms. The number of methoxy groups -OCH3 is 1. The molecule has 0 atom stereocenters. The molecule has 0 unspecified atom stereocenters. The summed E-state index contributed by atoms with van der Waals surface area (Å²) in [5, 5.41) is 0. The van der Waals surface area contributed by atoms with Crippen LogP contribution in [-0.2, 0) is 10.2 Å². The van der Waals surface area contributed by atoms with Crippen LogP contribution in [0, 0.1) is 0 Å². The quantitative estimate of drug-likeness (QED) is 0.731. The van der Waals surface area contributed by atoms with E-state index in [0.29, 0.717) is 0 Å². The molecule has 0 saturated carbocycles.